The van der Waals surface area contributed by atoms with Crippen molar-refractivity contribution >= 4 is 11.6 Å². The highest BCUT2D eigenvalue weighted by Gasteiger charge is 2.46. The van der Waals surface area contributed by atoms with Crippen molar-refractivity contribution in [1.29, 1.82) is 0 Å². The molecule has 1 heterocycles. The van der Waals surface area contributed by atoms with Crippen LogP contribution in [0.25, 0.3) is 5.70 Å². The normalized spacial score (nSPS) is 21.4. The summed E-state index contributed by atoms with van der Waals surface area (Å²) in [7, 11) is 0. The topological polar surface area (TPSA) is 20.3 Å². The Labute approximate surface area is 119 Å². The van der Waals surface area contributed by atoms with Gasteiger partial charge in [0.05, 0.1) is 12.0 Å². The third-order valence-corrected chi connectivity index (χ3v) is 3.92. The second-order valence-corrected chi connectivity index (χ2v) is 5.17. The third kappa shape index (κ3) is 1.94. The Bertz CT molecular complexity index is 633. The highest BCUT2D eigenvalue weighted by atomic mass is 16.2. The van der Waals surface area contributed by atoms with E-state index in [9.17, 15) is 4.79 Å². The van der Waals surface area contributed by atoms with Crippen LogP contribution in [0, 0.1) is 5.92 Å². The van der Waals surface area contributed by atoms with E-state index in [1.807, 2.05) is 60.4 Å². The standard InChI is InChI=1S/C18H17NO/c1-13-17(16-11-7-4-8-12-16)19(18(13)20)14(2)15-9-5-3-6-10-15/h3-13,17H,2H2,1H3. The molecular formula is C18H17NO. The maximum atomic E-state index is 12.2. The molecular weight excluding hydrogens is 246 g/mol. The van der Waals surface area contributed by atoms with Gasteiger partial charge in [-0.1, -0.05) is 74.2 Å². The molecule has 0 aromatic heterocycles. The van der Waals surface area contributed by atoms with E-state index in [1.165, 1.54) is 0 Å². The number of amides is 1. The zero-order valence-corrected chi connectivity index (χ0v) is 11.5. The fourth-order valence-electron chi connectivity index (χ4n) is 2.79. The molecule has 1 aliphatic rings. The van der Waals surface area contributed by atoms with E-state index in [1.54, 1.807) is 0 Å². The Morgan fingerprint density at radius 3 is 2.15 bits per heavy atom. The van der Waals surface area contributed by atoms with Crippen molar-refractivity contribution in [2.45, 2.75) is 13.0 Å². The van der Waals surface area contributed by atoms with Crippen LogP contribution in [-0.4, -0.2) is 10.8 Å². The average molecular weight is 263 g/mol. The van der Waals surface area contributed by atoms with Gasteiger partial charge in [-0.3, -0.25) is 4.79 Å². The van der Waals surface area contributed by atoms with E-state index in [2.05, 4.69) is 18.7 Å². The Morgan fingerprint density at radius 1 is 1.00 bits per heavy atom. The zero-order chi connectivity index (χ0) is 14.1. The molecule has 0 aliphatic carbocycles. The number of carbonyl (C=O) groups excluding carboxylic acids is 1. The van der Waals surface area contributed by atoms with E-state index in [0.717, 1.165) is 16.8 Å². The van der Waals surface area contributed by atoms with Crippen LogP contribution < -0.4 is 0 Å². The van der Waals surface area contributed by atoms with E-state index < -0.39 is 0 Å². The van der Waals surface area contributed by atoms with E-state index in [0.29, 0.717) is 0 Å². The van der Waals surface area contributed by atoms with Crippen LogP contribution in [-0.2, 0) is 4.79 Å². The molecule has 1 aliphatic heterocycles. The van der Waals surface area contributed by atoms with Crippen LogP contribution in [0.1, 0.15) is 24.1 Å². The first kappa shape index (κ1) is 12.7. The Hall–Kier alpha value is -2.35. The van der Waals surface area contributed by atoms with E-state index >= 15 is 0 Å². The highest BCUT2D eigenvalue weighted by Crippen LogP contribution is 2.44. The molecule has 20 heavy (non-hydrogen) atoms. The fourth-order valence-corrected chi connectivity index (χ4v) is 2.79. The van der Waals surface area contributed by atoms with Gasteiger partial charge in [-0.15, -0.1) is 0 Å². The van der Waals surface area contributed by atoms with Crippen LogP contribution in [0.3, 0.4) is 0 Å². The summed E-state index contributed by atoms with van der Waals surface area (Å²) >= 11 is 0. The van der Waals surface area contributed by atoms with E-state index in [4.69, 9.17) is 0 Å². The van der Waals surface area contributed by atoms with Gasteiger partial charge in [0.15, 0.2) is 0 Å². The second-order valence-electron chi connectivity index (χ2n) is 5.17. The third-order valence-electron chi connectivity index (χ3n) is 3.92. The van der Waals surface area contributed by atoms with Gasteiger partial charge in [0.1, 0.15) is 0 Å². The molecule has 0 spiro atoms. The predicted molar refractivity (Wildman–Crippen MR) is 80.7 cm³/mol. The van der Waals surface area contributed by atoms with Crippen LogP contribution in [0.5, 0.6) is 0 Å². The molecule has 2 atom stereocenters. The maximum Gasteiger partial charge on any atom is 0.232 e. The van der Waals surface area contributed by atoms with Gasteiger partial charge in [0, 0.05) is 5.70 Å². The molecule has 100 valence electrons. The Balaban J connectivity index is 1.92. The van der Waals surface area contributed by atoms with Gasteiger partial charge < -0.3 is 4.90 Å². The smallest absolute Gasteiger partial charge is 0.232 e. The minimum atomic E-state index is 0.0119. The van der Waals surface area contributed by atoms with Crippen molar-refractivity contribution in [3.05, 3.63) is 78.4 Å². The number of hydrogen-bond donors (Lipinski definition) is 0. The van der Waals surface area contributed by atoms with Crippen LogP contribution in [0.4, 0.5) is 0 Å². The lowest BCUT2D eigenvalue weighted by Crippen LogP contribution is -2.52. The summed E-state index contributed by atoms with van der Waals surface area (Å²) in [5.41, 5.74) is 2.94. The quantitative estimate of drug-likeness (QED) is 0.770. The molecule has 0 radical (unpaired) electrons. The highest BCUT2D eigenvalue weighted by molar-refractivity contribution is 5.94. The predicted octanol–water partition coefficient (Wildman–Crippen LogP) is 3.88. The summed E-state index contributed by atoms with van der Waals surface area (Å²) in [6.07, 6.45) is 0. The number of nitrogens with zero attached hydrogens (tertiary/aromatic N) is 1. The molecule has 2 heteroatoms. The van der Waals surface area contributed by atoms with Crippen molar-refractivity contribution in [1.82, 2.24) is 4.90 Å². The SMILES string of the molecule is C=C(c1ccccc1)N1C(=O)C(C)C1c1ccccc1. The number of carbonyl (C=O) groups is 1. The summed E-state index contributed by atoms with van der Waals surface area (Å²) in [5, 5.41) is 0. The summed E-state index contributed by atoms with van der Waals surface area (Å²) in [6, 6.07) is 20.1. The van der Waals surface area contributed by atoms with Gasteiger partial charge in [-0.05, 0) is 11.1 Å². The van der Waals surface area contributed by atoms with Gasteiger partial charge >= 0.3 is 0 Å². The number of β-lactam (4-membered cyclic amide) rings is 1. The fraction of sp³-hybridized carbons (Fsp3) is 0.167. The molecule has 2 aromatic rings. The maximum absolute atomic E-state index is 12.2. The summed E-state index contributed by atoms with van der Waals surface area (Å²) in [6.45, 7) is 6.09. The van der Waals surface area contributed by atoms with Crippen LogP contribution >= 0.6 is 0 Å². The first-order valence-corrected chi connectivity index (χ1v) is 6.82. The van der Waals surface area contributed by atoms with Crippen molar-refractivity contribution in [3.8, 4) is 0 Å². The molecule has 0 bridgehead atoms. The average Bonchev–Trinajstić information content (AvgIpc) is 2.52. The summed E-state index contributed by atoms with van der Waals surface area (Å²) in [5.74, 6) is 0.158. The van der Waals surface area contributed by atoms with Gasteiger partial charge in [0.2, 0.25) is 5.91 Å². The number of rotatable bonds is 3. The zero-order valence-electron chi connectivity index (χ0n) is 11.5. The Morgan fingerprint density at radius 2 is 1.55 bits per heavy atom. The first-order chi connectivity index (χ1) is 9.70. The number of hydrogen-bond acceptors (Lipinski definition) is 1. The molecule has 1 amide bonds. The summed E-state index contributed by atoms with van der Waals surface area (Å²) < 4.78 is 0. The van der Waals surface area contributed by atoms with Crippen molar-refractivity contribution < 1.29 is 4.79 Å². The first-order valence-electron chi connectivity index (χ1n) is 6.82. The molecule has 2 nitrogen and oxygen atoms in total. The minimum absolute atomic E-state index is 0.0119. The van der Waals surface area contributed by atoms with Crippen molar-refractivity contribution in [2.75, 3.05) is 0 Å². The molecule has 2 unspecified atom stereocenters. The summed E-state index contributed by atoms with van der Waals surface area (Å²) in [4.78, 5) is 14.0. The van der Waals surface area contributed by atoms with Crippen LogP contribution in [0.15, 0.2) is 67.2 Å². The number of likely N-dealkylation sites (tertiary alicyclic amines) is 1. The lowest BCUT2D eigenvalue weighted by atomic mass is 9.82. The van der Waals surface area contributed by atoms with Crippen molar-refractivity contribution in [3.63, 3.8) is 0 Å². The lowest BCUT2D eigenvalue weighted by molar-refractivity contribution is -0.148. The monoisotopic (exact) mass is 263 g/mol. The number of benzene rings is 2. The molecule has 1 saturated heterocycles. The Kier molecular flexibility index (Phi) is 3.15. The lowest BCUT2D eigenvalue weighted by Gasteiger charge is -2.47. The molecule has 1 fully saturated rings. The van der Waals surface area contributed by atoms with E-state index in [-0.39, 0.29) is 17.9 Å². The van der Waals surface area contributed by atoms with Gasteiger partial charge in [-0.2, -0.15) is 0 Å². The molecule has 0 N–H and O–H groups in total. The minimum Gasteiger partial charge on any atom is -0.304 e. The van der Waals surface area contributed by atoms with Crippen molar-refractivity contribution in [2.24, 2.45) is 5.92 Å². The molecule has 3 rings (SSSR count). The largest absolute Gasteiger partial charge is 0.304 e. The van der Waals surface area contributed by atoms with Gasteiger partial charge in [0.25, 0.3) is 0 Å². The molecule has 0 saturated carbocycles. The van der Waals surface area contributed by atoms with Crippen LogP contribution in [0.2, 0.25) is 0 Å². The molecule has 2 aromatic carbocycles. The second kappa shape index (κ2) is 4.97. The van der Waals surface area contributed by atoms with Gasteiger partial charge in [-0.25, -0.2) is 0 Å².